The number of likely N-dealkylation sites (tertiary alicyclic amines) is 1. The molecule has 3 heterocycles. The lowest BCUT2D eigenvalue weighted by Crippen LogP contribution is -2.56. The maximum atomic E-state index is 12.2. The Morgan fingerprint density at radius 2 is 2.17 bits per heavy atom. The fourth-order valence-electron chi connectivity index (χ4n) is 4.31. The van der Waals surface area contributed by atoms with Gasteiger partial charge in [0.15, 0.2) is 0 Å². The summed E-state index contributed by atoms with van der Waals surface area (Å²) in [6.07, 6.45) is 4.91. The Morgan fingerprint density at radius 1 is 1.34 bits per heavy atom. The van der Waals surface area contributed by atoms with Crippen LogP contribution in [-0.4, -0.2) is 63.2 Å². The number of H-pyrrole nitrogens is 1. The van der Waals surface area contributed by atoms with Gasteiger partial charge in [0.05, 0.1) is 31.5 Å². The van der Waals surface area contributed by atoms with Crippen LogP contribution >= 0.6 is 0 Å². The minimum absolute atomic E-state index is 0.0247. The summed E-state index contributed by atoms with van der Waals surface area (Å²) >= 11 is 0. The van der Waals surface area contributed by atoms with Crippen LogP contribution in [0, 0.1) is 0 Å². The van der Waals surface area contributed by atoms with Gasteiger partial charge < -0.3 is 29.4 Å². The van der Waals surface area contributed by atoms with Crippen LogP contribution in [0.2, 0.25) is 5.82 Å². The normalized spacial score (nSPS) is 22.7. The number of fused-ring (bicyclic) bond motifs is 3. The predicted molar refractivity (Wildman–Crippen MR) is 101 cm³/mol. The summed E-state index contributed by atoms with van der Waals surface area (Å²) in [5, 5.41) is 19.9. The number of rotatable bonds is 5. The first-order valence-electron chi connectivity index (χ1n) is 9.68. The lowest BCUT2D eigenvalue weighted by atomic mass is 9.51. The highest BCUT2D eigenvalue weighted by Crippen LogP contribution is 2.55. The number of benzene rings is 1. The van der Waals surface area contributed by atoms with E-state index in [1.807, 2.05) is 6.07 Å². The third-order valence-electron chi connectivity index (χ3n) is 6.08. The van der Waals surface area contributed by atoms with E-state index in [2.05, 4.69) is 9.97 Å². The molecule has 2 aromatic rings. The molecule has 1 aliphatic carbocycles. The van der Waals surface area contributed by atoms with E-state index in [1.165, 1.54) is 6.33 Å². The first-order valence-corrected chi connectivity index (χ1v) is 9.68. The fraction of sp³-hybridized carbons (Fsp3) is 0.421. The second-order valence-corrected chi connectivity index (χ2v) is 7.79. The van der Waals surface area contributed by atoms with Crippen LogP contribution < -0.4 is 9.39 Å². The number of hydrogen-bond acceptors (Lipinski definition) is 6. The molecule has 2 atom stereocenters. The lowest BCUT2D eigenvalue weighted by molar-refractivity contribution is -0.139. The molecule has 1 aromatic carbocycles. The Hall–Kier alpha value is -3.01. The largest absolute Gasteiger partial charge is 0.535 e. The number of carboxylic acid groups (broad SMARTS) is 1. The highest BCUT2D eigenvalue weighted by molar-refractivity contribution is 6.47. The van der Waals surface area contributed by atoms with Gasteiger partial charge in [-0.1, -0.05) is 6.07 Å². The molecule has 150 valence electrons. The molecule has 1 saturated heterocycles. The van der Waals surface area contributed by atoms with Crippen LogP contribution in [0.25, 0.3) is 0 Å². The van der Waals surface area contributed by atoms with E-state index >= 15 is 0 Å². The van der Waals surface area contributed by atoms with Gasteiger partial charge in [0.2, 0.25) is 5.91 Å². The zero-order valence-corrected chi connectivity index (χ0v) is 15.6. The van der Waals surface area contributed by atoms with E-state index in [1.54, 1.807) is 17.2 Å². The van der Waals surface area contributed by atoms with Crippen LogP contribution in [0.4, 0.5) is 0 Å². The van der Waals surface area contributed by atoms with Crippen molar-refractivity contribution in [3.8, 4) is 11.5 Å². The first-order chi connectivity index (χ1) is 14.0. The molecule has 0 spiro atoms. The van der Waals surface area contributed by atoms with Crippen LogP contribution in [-0.2, 0) is 11.2 Å². The molecular weight excluding hydrogens is 377 g/mol. The average molecular weight is 397 g/mol. The van der Waals surface area contributed by atoms with E-state index < -0.39 is 13.1 Å². The van der Waals surface area contributed by atoms with Crippen molar-refractivity contribution in [2.75, 3.05) is 13.1 Å². The molecule has 0 bridgehead atoms. The topological polar surface area (TPSA) is 125 Å². The number of nitrogens with one attached hydrogen (secondary N) is 1. The summed E-state index contributed by atoms with van der Waals surface area (Å²) in [6.45, 7) is 0.765. The van der Waals surface area contributed by atoms with Crippen molar-refractivity contribution in [2.45, 2.75) is 37.1 Å². The number of carbonyl (C=O) groups excluding carboxylic acids is 1. The average Bonchev–Trinajstić information content (AvgIpc) is 3.10. The predicted octanol–water partition coefficient (Wildman–Crippen LogP) is 1.06. The summed E-state index contributed by atoms with van der Waals surface area (Å²) in [6, 6.07) is 3.49. The first kappa shape index (κ1) is 18.1. The van der Waals surface area contributed by atoms with Gasteiger partial charge in [-0.2, -0.15) is 0 Å². The standard InChI is InChI=1S/C19H20BN3O6/c24-16(5-10-6-21-9-22-10)23-7-11(8-23)28-15-4-2-13-12-1-3-14(12)20(27)29-18(13)17(15)19(25)26/h2,4,6,9,11-12,14,27H,1,3,5,7-8H2,(H,21,22)(H,25,26)/t12-,14-/m1/s1. The zero-order chi connectivity index (χ0) is 20.1. The molecule has 9 nitrogen and oxygen atoms in total. The Balaban J connectivity index is 1.29. The summed E-state index contributed by atoms with van der Waals surface area (Å²) < 4.78 is 11.5. The van der Waals surface area contributed by atoms with Crippen LogP contribution in [0.1, 0.15) is 40.4 Å². The van der Waals surface area contributed by atoms with E-state index in [-0.39, 0.29) is 47.2 Å². The van der Waals surface area contributed by atoms with E-state index in [4.69, 9.17) is 9.39 Å². The van der Waals surface area contributed by atoms with Gasteiger partial charge in [-0.25, -0.2) is 9.78 Å². The second kappa shape index (κ2) is 6.80. The molecule has 3 N–H and O–H groups in total. The van der Waals surface area contributed by atoms with E-state index in [9.17, 15) is 19.7 Å². The summed E-state index contributed by atoms with van der Waals surface area (Å²) in [5.41, 5.74) is 1.43. The molecule has 1 saturated carbocycles. The molecule has 1 amide bonds. The molecule has 3 aliphatic rings. The number of carbonyl (C=O) groups is 2. The van der Waals surface area contributed by atoms with Crippen LogP contribution in [0.15, 0.2) is 24.7 Å². The van der Waals surface area contributed by atoms with Gasteiger partial charge in [0.1, 0.15) is 23.2 Å². The van der Waals surface area contributed by atoms with Crippen molar-refractivity contribution in [3.05, 3.63) is 41.5 Å². The van der Waals surface area contributed by atoms with E-state index in [0.29, 0.717) is 18.8 Å². The number of nitrogens with zero attached hydrogens (tertiary/aromatic N) is 2. The molecule has 0 unspecified atom stereocenters. The van der Waals surface area contributed by atoms with Crippen molar-refractivity contribution in [2.24, 2.45) is 0 Å². The van der Waals surface area contributed by atoms with Crippen molar-refractivity contribution < 1.29 is 29.1 Å². The number of imidazole rings is 1. The van der Waals surface area contributed by atoms with Gasteiger partial charge in [0, 0.05) is 12.0 Å². The van der Waals surface area contributed by atoms with Gasteiger partial charge in [-0.05, 0) is 30.4 Å². The molecule has 2 fully saturated rings. The number of hydrogen-bond donors (Lipinski definition) is 3. The number of aromatic amines is 1. The Labute approximate surface area is 166 Å². The zero-order valence-electron chi connectivity index (χ0n) is 15.6. The quantitative estimate of drug-likeness (QED) is 0.645. The third-order valence-corrected chi connectivity index (χ3v) is 6.08. The molecule has 5 rings (SSSR count). The molecular formula is C19H20BN3O6. The SMILES string of the molecule is O=C(O)c1c(OC2CN(C(=O)Cc3c[nH]cn3)C2)ccc2c1OB(O)[C@@H]1CC[C@H]21. The highest BCUT2D eigenvalue weighted by atomic mass is 16.5. The molecule has 10 heteroatoms. The van der Waals surface area contributed by atoms with Gasteiger partial charge in [-0.15, -0.1) is 0 Å². The van der Waals surface area contributed by atoms with Gasteiger partial charge in [-0.3, -0.25) is 4.79 Å². The van der Waals surface area contributed by atoms with E-state index in [0.717, 1.165) is 18.4 Å². The minimum Gasteiger partial charge on any atom is -0.535 e. The monoisotopic (exact) mass is 397 g/mol. The van der Waals surface area contributed by atoms with Crippen molar-refractivity contribution >= 4 is 19.0 Å². The summed E-state index contributed by atoms with van der Waals surface area (Å²) in [4.78, 5) is 32.7. The summed E-state index contributed by atoms with van der Waals surface area (Å²) in [5.74, 6) is -0.660. The number of ether oxygens (including phenoxy) is 1. The second-order valence-electron chi connectivity index (χ2n) is 7.79. The summed E-state index contributed by atoms with van der Waals surface area (Å²) in [7, 11) is -0.992. The molecule has 29 heavy (non-hydrogen) atoms. The fourth-order valence-corrected chi connectivity index (χ4v) is 4.31. The number of carboxylic acids is 1. The number of aromatic nitrogens is 2. The van der Waals surface area contributed by atoms with Crippen molar-refractivity contribution in [3.63, 3.8) is 0 Å². The van der Waals surface area contributed by atoms with Crippen LogP contribution in [0.3, 0.4) is 0 Å². The highest BCUT2D eigenvalue weighted by Gasteiger charge is 2.49. The number of aromatic carboxylic acids is 1. The lowest BCUT2D eigenvalue weighted by Gasteiger charge is -2.43. The number of amides is 1. The smallest absolute Gasteiger partial charge is 0.526 e. The Kier molecular flexibility index (Phi) is 4.23. The van der Waals surface area contributed by atoms with Gasteiger partial charge >= 0.3 is 13.1 Å². The molecule has 2 aliphatic heterocycles. The molecule has 1 aromatic heterocycles. The molecule has 0 radical (unpaired) electrons. The van der Waals surface area contributed by atoms with Gasteiger partial charge in [0.25, 0.3) is 0 Å². The van der Waals surface area contributed by atoms with Crippen molar-refractivity contribution in [1.29, 1.82) is 0 Å². The maximum absolute atomic E-state index is 12.2. The third kappa shape index (κ3) is 3.03. The maximum Gasteiger partial charge on any atom is 0.526 e. The Morgan fingerprint density at radius 3 is 2.83 bits per heavy atom. The van der Waals surface area contributed by atoms with Crippen molar-refractivity contribution in [1.82, 2.24) is 14.9 Å². The van der Waals surface area contributed by atoms with Crippen LogP contribution in [0.5, 0.6) is 11.5 Å². The minimum atomic E-state index is -1.16. The Bertz CT molecular complexity index is 959.